The fourth-order valence-electron chi connectivity index (χ4n) is 2.65. The maximum atomic E-state index is 12.1. The molecule has 0 amide bonds. The highest BCUT2D eigenvalue weighted by Crippen LogP contribution is 2.29. The summed E-state index contributed by atoms with van der Waals surface area (Å²) < 4.78 is 6.46. The Balaban J connectivity index is 2.00. The predicted octanol–water partition coefficient (Wildman–Crippen LogP) is 4.16. The van der Waals surface area contributed by atoms with Crippen LogP contribution in [0.3, 0.4) is 0 Å². The molecule has 0 spiro atoms. The number of anilines is 1. The third-order valence-electron chi connectivity index (χ3n) is 3.82. The minimum Gasteiger partial charge on any atom is -0.459 e. The molecule has 3 nitrogen and oxygen atoms in total. The van der Waals surface area contributed by atoms with Crippen molar-refractivity contribution in [3.8, 4) is 0 Å². The second kappa shape index (κ2) is 6.42. The summed E-state index contributed by atoms with van der Waals surface area (Å²) in [7, 11) is 0. The van der Waals surface area contributed by atoms with Crippen LogP contribution < -0.4 is 5.73 Å². The van der Waals surface area contributed by atoms with Crippen LogP contribution in [0.5, 0.6) is 0 Å². The van der Waals surface area contributed by atoms with Crippen molar-refractivity contribution in [2.75, 3.05) is 5.73 Å². The molecule has 0 heterocycles. The molecule has 1 aromatic rings. The maximum absolute atomic E-state index is 12.1. The monoisotopic (exact) mass is 325 g/mol. The van der Waals surface area contributed by atoms with Crippen molar-refractivity contribution >= 4 is 27.6 Å². The maximum Gasteiger partial charge on any atom is 0.340 e. The zero-order valence-corrected chi connectivity index (χ0v) is 12.8. The molecule has 1 aliphatic carbocycles. The molecule has 104 valence electrons. The van der Waals surface area contributed by atoms with Crippen molar-refractivity contribution in [2.45, 2.75) is 45.1 Å². The largest absolute Gasteiger partial charge is 0.459 e. The van der Waals surface area contributed by atoms with Gasteiger partial charge in [0, 0.05) is 10.2 Å². The Morgan fingerprint density at radius 3 is 2.95 bits per heavy atom. The second-order valence-electron chi connectivity index (χ2n) is 5.20. The molecule has 0 aromatic heterocycles. The number of rotatable bonds is 3. The van der Waals surface area contributed by atoms with Crippen molar-refractivity contribution in [1.29, 1.82) is 0 Å². The Morgan fingerprint density at radius 2 is 2.26 bits per heavy atom. The van der Waals surface area contributed by atoms with Gasteiger partial charge in [-0.25, -0.2) is 4.79 Å². The molecule has 0 bridgehead atoms. The van der Waals surface area contributed by atoms with Crippen LogP contribution in [0.15, 0.2) is 22.7 Å². The van der Waals surface area contributed by atoms with E-state index in [-0.39, 0.29) is 12.1 Å². The zero-order chi connectivity index (χ0) is 13.8. The summed E-state index contributed by atoms with van der Waals surface area (Å²) in [5.74, 6) is 0.389. The summed E-state index contributed by atoms with van der Waals surface area (Å²) in [4.78, 5) is 12.1. The van der Waals surface area contributed by atoms with Crippen LogP contribution in [0.1, 0.15) is 49.4 Å². The van der Waals surface area contributed by atoms with Gasteiger partial charge in [-0.05, 0) is 43.4 Å². The van der Waals surface area contributed by atoms with Gasteiger partial charge in [0.25, 0.3) is 0 Å². The topological polar surface area (TPSA) is 52.3 Å². The number of halogens is 1. The van der Waals surface area contributed by atoms with Crippen LogP contribution in [0.25, 0.3) is 0 Å². The van der Waals surface area contributed by atoms with E-state index in [1.54, 1.807) is 12.1 Å². The van der Waals surface area contributed by atoms with Gasteiger partial charge in [-0.3, -0.25) is 0 Å². The number of nitrogens with two attached hydrogens (primary N) is 1. The van der Waals surface area contributed by atoms with Crippen molar-refractivity contribution in [2.24, 2.45) is 5.92 Å². The number of hydrogen-bond donors (Lipinski definition) is 1. The van der Waals surface area contributed by atoms with Gasteiger partial charge in [-0.15, -0.1) is 0 Å². The summed E-state index contributed by atoms with van der Waals surface area (Å²) in [6, 6.07) is 5.25. The van der Waals surface area contributed by atoms with Crippen molar-refractivity contribution < 1.29 is 9.53 Å². The molecule has 2 rings (SSSR count). The van der Waals surface area contributed by atoms with Crippen LogP contribution >= 0.6 is 15.9 Å². The minimum absolute atomic E-state index is 0.0502. The Labute approximate surface area is 122 Å². The van der Waals surface area contributed by atoms with E-state index in [0.29, 0.717) is 17.2 Å². The van der Waals surface area contributed by atoms with Gasteiger partial charge in [-0.2, -0.15) is 0 Å². The third kappa shape index (κ3) is 3.72. The first kappa shape index (κ1) is 14.4. The van der Waals surface area contributed by atoms with E-state index in [9.17, 15) is 4.79 Å². The van der Waals surface area contributed by atoms with Crippen LogP contribution in [0.4, 0.5) is 5.69 Å². The molecular weight excluding hydrogens is 306 g/mol. The molecule has 1 aliphatic rings. The average Bonchev–Trinajstić information content (AvgIpc) is 2.38. The van der Waals surface area contributed by atoms with Crippen molar-refractivity contribution in [3.63, 3.8) is 0 Å². The number of carbonyl (C=O) groups is 1. The quantitative estimate of drug-likeness (QED) is 0.670. The van der Waals surface area contributed by atoms with Crippen molar-refractivity contribution in [3.05, 3.63) is 28.2 Å². The standard InChI is InChI=1S/C15H20BrNO2/c1-2-10-4-3-5-12(8-10)19-15(18)13-7-6-11(16)9-14(13)17/h6-7,9-10,12H,2-5,8,17H2,1H3. The number of ether oxygens (including phenoxy) is 1. The minimum atomic E-state index is -0.299. The smallest absolute Gasteiger partial charge is 0.340 e. The molecule has 1 aromatic carbocycles. The summed E-state index contributed by atoms with van der Waals surface area (Å²) in [5.41, 5.74) is 6.77. The van der Waals surface area contributed by atoms with E-state index >= 15 is 0 Å². The second-order valence-corrected chi connectivity index (χ2v) is 6.12. The highest BCUT2D eigenvalue weighted by atomic mass is 79.9. The molecule has 1 saturated carbocycles. The van der Waals surface area contributed by atoms with E-state index in [0.717, 1.165) is 30.2 Å². The zero-order valence-electron chi connectivity index (χ0n) is 11.2. The van der Waals surface area contributed by atoms with E-state index < -0.39 is 0 Å². The summed E-state index contributed by atoms with van der Waals surface area (Å²) in [6.07, 6.45) is 5.57. The molecule has 2 unspecified atom stereocenters. The number of nitrogen functional groups attached to an aromatic ring is 1. The molecule has 2 atom stereocenters. The Kier molecular flexibility index (Phi) is 4.86. The Hall–Kier alpha value is -1.03. The van der Waals surface area contributed by atoms with Gasteiger partial charge in [0.05, 0.1) is 5.56 Å². The summed E-state index contributed by atoms with van der Waals surface area (Å²) >= 11 is 3.33. The fourth-order valence-corrected chi connectivity index (χ4v) is 3.03. The molecular formula is C15H20BrNO2. The van der Waals surface area contributed by atoms with E-state index in [2.05, 4.69) is 22.9 Å². The molecule has 2 N–H and O–H groups in total. The first-order valence-corrected chi connectivity index (χ1v) is 7.65. The van der Waals surface area contributed by atoms with Gasteiger partial charge >= 0.3 is 5.97 Å². The van der Waals surface area contributed by atoms with Crippen LogP contribution in [-0.2, 0) is 4.74 Å². The third-order valence-corrected chi connectivity index (χ3v) is 4.31. The number of carbonyl (C=O) groups excluding carboxylic acids is 1. The lowest BCUT2D eigenvalue weighted by Gasteiger charge is -2.28. The normalized spacial score (nSPS) is 23.1. The van der Waals surface area contributed by atoms with Crippen LogP contribution in [0, 0.1) is 5.92 Å². The lowest BCUT2D eigenvalue weighted by atomic mass is 9.85. The van der Waals surface area contributed by atoms with E-state index in [1.165, 1.54) is 6.42 Å². The molecule has 0 aliphatic heterocycles. The van der Waals surface area contributed by atoms with Crippen LogP contribution in [0.2, 0.25) is 0 Å². The first-order chi connectivity index (χ1) is 9.10. The van der Waals surface area contributed by atoms with Crippen molar-refractivity contribution in [1.82, 2.24) is 0 Å². The first-order valence-electron chi connectivity index (χ1n) is 6.86. The summed E-state index contributed by atoms with van der Waals surface area (Å²) in [6.45, 7) is 2.20. The number of hydrogen-bond acceptors (Lipinski definition) is 3. The van der Waals surface area contributed by atoms with Gasteiger partial charge < -0.3 is 10.5 Å². The molecule has 4 heteroatoms. The Bertz CT molecular complexity index is 461. The molecule has 19 heavy (non-hydrogen) atoms. The van der Waals surface area contributed by atoms with Gasteiger partial charge in [-0.1, -0.05) is 35.7 Å². The van der Waals surface area contributed by atoms with Gasteiger partial charge in [0.15, 0.2) is 0 Å². The highest BCUT2D eigenvalue weighted by molar-refractivity contribution is 9.10. The number of esters is 1. The fraction of sp³-hybridized carbons (Fsp3) is 0.533. The van der Waals surface area contributed by atoms with Gasteiger partial charge in [0.1, 0.15) is 6.10 Å². The highest BCUT2D eigenvalue weighted by Gasteiger charge is 2.24. The predicted molar refractivity (Wildman–Crippen MR) is 80.0 cm³/mol. The summed E-state index contributed by atoms with van der Waals surface area (Å²) in [5, 5.41) is 0. The van der Waals surface area contributed by atoms with Gasteiger partial charge in [0.2, 0.25) is 0 Å². The number of benzene rings is 1. The van der Waals surface area contributed by atoms with E-state index in [1.807, 2.05) is 6.07 Å². The lowest BCUT2D eigenvalue weighted by Crippen LogP contribution is -2.25. The molecule has 0 radical (unpaired) electrons. The lowest BCUT2D eigenvalue weighted by molar-refractivity contribution is 0.0141. The van der Waals surface area contributed by atoms with E-state index in [4.69, 9.17) is 10.5 Å². The Morgan fingerprint density at radius 1 is 1.47 bits per heavy atom. The average molecular weight is 326 g/mol. The molecule has 1 fully saturated rings. The van der Waals surface area contributed by atoms with Crippen LogP contribution in [-0.4, -0.2) is 12.1 Å². The SMILES string of the molecule is CCC1CCCC(OC(=O)c2ccc(Br)cc2N)C1. The molecule has 0 saturated heterocycles.